The summed E-state index contributed by atoms with van der Waals surface area (Å²) in [7, 11) is -4.17. The van der Waals surface area contributed by atoms with Crippen LogP contribution in [-0.4, -0.2) is 38.9 Å². The number of rotatable bonds is 10. The van der Waals surface area contributed by atoms with Gasteiger partial charge < -0.3 is 10.1 Å². The number of ether oxygens (including phenoxy) is 1. The van der Waals surface area contributed by atoms with Gasteiger partial charge in [-0.05, 0) is 35.2 Å². The van der Waals surface area contributed by atoms with E-state index in [1.165, 1.54) is 30.3 Å². The van der Waals surface area contributed by atoms with Crippen molar-refractivity contribution in [2.24, 2.45) is 0 Å². The molecule has 3 rings (SSSR count). The summed E-state index contributed by atoms with van der Waals surface area (Å²) in [5.74, 6) is 0.137. The zero-order valence-corrected chi connectivity index (χ0v) is 21.2. The molecule has 0 aliphatic carbocycles. The van der Waals surface area contributed by atoms with E-state index in [-0.39, 0.29) is 34.8 Å². The number of carbonyl (C=O) groups is 1. The van der Waals surface area contributed by atoms with Gasteiger partial charge in [-0.2, -0.15) is 0 Å². The van der Waals surface area contributed by atoms with E-state index in [4.69, 9.17) is 4.74 Å². The minimum Gasteiger partial charge on any atom is -0.491 e. The number of nitro benzene ring substituents is 1. The second-order valence-corrected chi connectivity index (χ2v) is 10.9. The first kappa shape index (κ1) is 26.7. The largest absolute Gasteiger partial charge is 0.491 e. The molecule has 0 spiro atoms. The van der Waals surface area contributed by atoms with Crippen LogP contribution >= 0.6 is 0 Å². The number of anilines is 1. The molecule has 0 saturated carbocycles. The van der Waals surface area contributed by atoms with Crippen molar-refractivity contribution >= 4 is 27.3 Å². The third-order valence-corrected chi connectivity index (χ3v) is 7.11. The van der Waals surface area contributed by atoms with Crippen molar-refractivity contribution in [2.45, 2.75) is 31.1 Å². The van der Waals surface area contributed by atoms with Gasteiger partial charge in [-0.3, -0.25) is 19.2 Å². The Hall–Kier alpha value is -3.92. The van der Waals surface area contributed by atoms with Crippen molar-refractivity contribution in [3.05, 3.63) is 94.5 Å². The Labute approximate surface area is 210 Å². The van der Waals surface area contributed by atoms with Crippen molar-refractivity contribution in [1.29, 1.82) is 0 Å². The second-order valence-electron chi connectivity index (χ2n) is 9.05. The zero-order chi connectivity index (χ0) is 26.3. The third kappa shape index (κ3) is 6.60. The fourth-order valence-corrected chi connectivity index (χ4v) is 4.98. The van der Waals surface area contributed by atoms with E-state index in [0.717, 1.165) is 15.9 Å². The fraction of sp³-hybridized carbons (Fsp3) is 0.269. The van der Waals surface area contributed by atoms with Gasteiger partial charge in [-0.15, -0.1) is 0 Å². The number of nitrogens with zero attached hydrogens (tertiary/aromatic N) is 2. The van der Waals surface area contributed by atoms with Gasteiger partial charge in [0.25, 0.3) is 15.7 Å². The van der Waals surface area contributed by atoms with Crippen LogP contribution in [0.3, 0.4) is 0 Å². The standard InChI is InChI=1S/C26H29N3O6S/c1-26(2,3)23-14-7-8-15-24(23)35-17-16-27-25(30)19-28(20-10-9-11-21(18-20)29(31)32)36(33,34)22-12-5-4-6-13-22/h4-15,18H,16-17,19H2,1-3H3,(H,27,30). The summed E-state index contributed by atoms with van der Waals surface area (Å²) in [6.07, 6.45) is 0. The average molecular weight is 512 g/mol. The lowest BCUT2D eigenvalue weighted by Crippen LogP contribution is -2.42. The van der Waals surface area contributed by atoms with Crippen LogP contribution in [0, 0.1) is 10.1 Å². The van der Waals surface area contributed by atoms with Gasteiger partial charge in [0, 0.05) is 12.1 Å². The summed E-state index contributed by atoms with van der Waals surface area (Å²) < 4.78 is 33.4. The first-order valence-electron chi connectivity index (χ1n) is 11.3. The minimum atomic E-state index is -4.17. The molecule has 0 radical (unpaired) electrons. The molecule has 36 heavy (non-hydrogen) atoms. The van der Waals surface area contributed by atoms with Gasteiger partial charge >= 0.3 is 0 Å². The van der Waals surface area contributed by atoms with Crippen molar-refractivity contribution in [2.75, 3.05) is 24.0 Å². The van der Waals surface area contributed by atoms with E-state index in [9.17, 15) is 23.3 Å². The molecule has 0 aliphatic rings. The molecule has 0 aromatic heterocycles. The average Bonchev–Trinajstić information content (AvgIpc) is 2.85. The number of carbonyl (C=O) groups excluding carboxylic acids is 1. The van der Waals surface area contributed by atoms with Gasteiger partial charge in [0.15, 0.2) is 0 Å². The number of nitrogens with one attached hydrogen (secondary N) is 1. The number of amides is 1. The van der Waals surface area contributed by atoms with Gasteiger partial charge in [0.2, 0.25) is 5.91 Å². The molecule has 0 bridgehead atoms. The van der Waals surface area contributed by atoms with Crippen molar-refractivity contribution in [3.63, 3.8) is 0 Å². The fourth-order valence-electron chi connectivity index (χ4n) is 3.55. The molecule has 0 atom stereocenters. The first-order valence-corrected chi connectivity index (χ1v) is 12.8. The van der Waals surface area contributed by atoms with Gasteiger partial charge in [-0.25, -0.2) is 8.42 Å². The summed E-state index contributed by atoms with van der Waals surface area (Å²) >= 11 is 0. The Bertz CT molecular complexity index is 1320. The molecule has 0 heterocycles. The van der Waals surface area contributed by atoms with E-state index in [1.54, 1.807) is 18.2 Å². The van der Waals surface area contributed by atoms with Crippen LogP contribution in [0.25, 0.3) is 0 Å². The summed E-state index contributed by atoms with van der Waals surface area (Å²) in [6, 6.07) is 20.4. The molecule has 190 valence electrons. The Morgan fingerprint density at radius 1 is 1.00 bits per heavy atom. The number of hydrogen-bond donors (Lipinski definition) is 1. The van der Waals surface area contributed by atoms with Crippen molar-refractivity contribution < 1.29 is 22.9 Å². The van der Waals surface area contributed by atoms with Crippen LogP contribution in [0.1, 0.15) is 26.3 Å². The molecule has 0 saturated heterocycles. The number of non-ortho nitro benzene ring substituents is 1. The van der Waals surface area contributed by atoms with Crippen LogP contribution in [0.2, 0.25) is 0 Å². The monoisotopic (exact) mass is 511 g/mol. The summed E-state index contributed by atoms with van der Waals surface area (Å²) in [4.78, 5) is 23.3. The summed E-state index contributed by atoms with van der Waals surface area (Å²) in [5.41, 5.74) is 0.637. The smallest absolute Gasteiger partial charge is 0.271 e. The number of sulfonamides is 1. The van der Waals surface area contributed by atoms with E-state index in [0.29, 0.717) is 5.75 Å². The maximum atomic E-state index is 13.3. The molecule has 9 nitrogen and oxygen atoms in total. The van der Waals surface area contributed by atoms with Crippen LogP contribution in [0.5, 0.6) is 5.75 Å². The van der Waals surface area contributed by atoms with E-state index < -0.39 is 27.4 Å². The number of para-hydroxylation sites is 1. The highest BCUT2D eigenvalue weighted by atomic mass is 32.2. The maximum absolute atomic E-state index is 13.3. The summed E-state index contributed by atoms with van der Waals surface area (Å²) in [6.45, 7) is 6.00. The topological polar surface area (TPSA) is 119 Å². The first-order chi connectivity index (χ1) is 17.0. The Kier molecular flexibility index (Phi) is 8.31. The van der Waals surface area contributed by atoms with Crippen molar-refractivity contribution in [3.8, 4) is 5.75 Å². The second kappa shape index (κ2) is 11.2. The Balaban J connectivity index is 1.74. The van der Waals surface area contributed by atoms with E-state index >= 15 is 0 Å². The van der Waals surface area contributed by atoms with Gasteiger partial charge in [-0.1, -0.05) is 63.2 Å². The normalized spacial score (nSPS) is 11.5. The predicted molar refractivity (Wildman–Crippen MR) is 138 cm³/mol. The number of nitro groups is 1. The summed E-state index contributed by atoms with van der Waals surface area (Å²) in [5, 5.41) is 13.9. The highest BCUT2D eigenvalue weighted by Crippen LogP contribution is 2.31. The Morgan fingerprint density at radius 2 is 1.67 bits per heavy atom. The minimum absolute atomic E-state index is 0.0126. The SMILES string of the molecule is CC(C)(C)c1ccccc1OCCNC(=O)CN(c1cccc([N+](=O)[O-])c1)S(=O)(=O)c1ccccc1. The lowest BCUT2D eigenvalue weighted by Gasteiger charge is -2.24. The van der Waals surface area contributed by atoms with Crippen LogP contribution < -0.4 is 14.4 Å². The molecule has 1 N–H and O–H groups in total. The van der Waals surface area contributed by atoms with E-state index in [1.807, 2.05) is 24.3 Å². The molecule has 3 aromatic carbocycles. The molecule has 0 fully saturated rings. The molecule has 0 aliphatic heterocycles. The molecule has 1 amide bonds. The van der Waals surface area contributed by atoms with Crippen molar-refractivity contribution in [1.82, 2.24) is 5.32 Å². The number of hydrogen-bond acceptors (Lipinski definition) is 6. The predicted octanol–water partition coefficient (Wildman–Crippen LogP) is 4.28. The van der Waals surface area contributed by atoms with Crippen LogP contribution in [0.4, 0.5) is 11.4 Å². The lowest BCUT2D eigenvalue weighted by atomic mass is 9.86. The molecular weight excluding hydrogens is 482 g/mol. The van der Waals surface area contributed by atoms with Gasteiger partial charge in [0.05, 0.1) is 22.1 Å². The van der Waals surface area contributed by atoms with E-state index in [2.05, 4.69) is 26.1 Å². The van der Waals surface area contributed by atoms with Gasteiger partial charge in [0.1, 0.15) is 18.9 Å². The molecular formula is C26H29N3O6S. The highest BCUT2D eigenvalue weighted by molar-refractivity contribution is 7.92. The Morgan fingerprint density at radius 3 is 2.33 bits per heavy atom. The quantitative estimate of drug-likeness (QED) is 0.247. The number of benzene rings is 3. The maximum Gasteiger partial charge on any atom is 0.271 e. The lowest BCUT2D eigenvalue weighted by molar-refractivity contribution is -0.384. The molecule has 0 unspecified atom stereocenters. The molecule has 10 heteroatoms. The highest BCUT2D eigenvalue weighted by Gasteiger charge is 2.28. The zero-order valence-electron chi connectivity index (χ0n) is 20.4. The molecule has 3 aromatic rings. The van der Waals surface area contributed by atoms with Crippen LogP contribution in [0.15, 0.2) is 83.8 Å². The third-order valence-electron chi connectivity index (χ3n) is 5.32. The van der Waals surface area contributed by atoms with Crippen LogP contribution in [-0.2, 0) is 20.2 Å².